The molecule has 0 rings (SSSR count). The summed E-state index contributed by atoms with van der Waals surface area (Å²) in [4.78, 5) is 3.71. The molecule has 0 aliphatic heterocycles. The first kappa shape index (κ1) is 6.63. The zero-order valence-electron chi connectivity index (χ0n) is 4.89. The average molecular weight is 100 g/mol. The Morgan fingerprint density at radius 1 is 1.57 bits per heavy atom. The van der Waals surface area contributed by atoms with Gasteiger partial charge in [0.25, 0.3) is 0 Å². The Balaban J connectivity index is 3.33. The van der Waals surface area contributed by atoms with Gasteiger partial charge in [-0.2, -0.15) is 0 Å². The summed E-state index contributed by atoms with van der Waals surface area (Å²) >= 11 is 0. The molecule has 0 aromatic heterocycles. The van der Waals surface area contributed by atoms with E-state index in [1.165, 1.54) is 0 Å². The lowest BCUT2D eigenvalue weighted by Crippen LogP contribution is -2.26. The van der Waals surface area contributed by atoms with Crippen LogP contribution in [-0.2, 0) is 0 Å². The number of nitrogens with two attached hydrogens (primary N) is 1. The molecule has 2 nitrogen and oxygen atoms in total. The molecule has 0 heterocycles. The number of hydrogen-bond donors (Lipinski definition) is 1. The highest BCUT2D eigenvalue weighted by Crippen LogP contribution is 1.89. The molecule has 2 unspecified atom stereocenters. The summed E-state index contributed by atoms with van der Waals surface area (Å²) in [5.74, 6) is 0. The van der Waals surface area contributed by atoms with Crippen molar-refractivity contribution in [2.75, 3.05) is 0 Å². The highest BCUT2D eigenvalue weighted by Gasteiger charge is 2.00. The van der Waals surface area contributed by atoms with Gasteiger partial charge in [0.15, 0.2) is 0 Å². The Hall–Kier alpha value is -0.370. The number of nitrogens with zero attached hydrogens (tertiary/aromatic N) is 1. The first-order chi connectivity index (χ1) is 3.18. The minimum Gasteiger partial charge on any atom is -0.326 e. The van der Waals surface area contributed by atoms with Crippen LogP contribution < -0.4 is 5.73 Å². The molecule has 0 saturated heterocycles. The van der Waals surface area contributed by atoms with Gasteiger partial charge in [-0.05, 0) is 20.6 Å². The Morgan fingerprint density at radius 2 is 2.00 bits per heavy atom. The van der Waals surface area contributed by atoms with Gasteiger partial charge >= 0.3 is 0 Å². The fourth-order valence-electron chi connectivity index (χ4n) is 0.166. The van der Waals surface area contributed by atoms with Crippen molar-refractivity contribution in [1.82, 2.24) is 0 Å². The quantitative estimate of drug-likeness (QED) is 0.502. The molecule has 2 heteroatoms. The monoisotopic (exact) mass is 100 g/mol. The van der Waals surface area contributed by atoms with E-state index in [1.54, 1.807) is 0 Å². The summed E-state index contributed by atoms with van der Waals surface area (Å²) in [6.07, 6.45) is 0. The molecule has 0 amide bonds. The van der Waals surface area contributed by atoms with Crippen molar-refractivity contribution >= 4 is 6.72 Å². The van der Waals surface area contributed by atoms with E-state index in [0.717, 1.165) is 0 Å². The van der Waals surface area contributed by atoms with Crippen LogP contribution in [0.3, 0.4) is 0 Å². The van der Waals surface area contributed by atoms with Crippen molar-refractivity contribution in [1.29, 1.82) is 0 Å². The molecule has 2 N–H and O–H groups in total. The van der Waals surface area contributed by atoms with Crippen molar-refractivity contribution in [2.24, 2.45) is 10.7 Å². The Morgan fingerprint density at radius 3 is 2.00 bits per heavy atom. The van der Waals surface area contributed by atoms with Crippen LogP contribution in [-0.4, -0.2) is 18.8 Å². The summed E-state index contributed by atoms with van der Waals surface area (Å²) in [5, 5.41) is 0. The van der Waals surface area contributed by atoms with Crippen molar-refractivity contribution in [3.05, 3.63) is 0 Å². The van der Waals surface area contributed by atoms with Crippen molar-refractivity contribution in [2.45, 2.75) is 25.9 Å². The van der Waals surface area contributed by atoms with Gasteiger partial charge in [0.2, 0.25) is 0 Å². The van der Waals surface area contributed by atoms with E-state index < -0.39 is 0 Å². The predicted molar refractivity (Wildman–Crippen MR) is 32.7 cm³/mol. The van der Waals surface area contributed by atoms with Gasteiger partial charge in [-0.15, -0.1) is 0 Å². The number of rotatable bonds is 2. The smallest absolute Gasteiger partial charge is 0.0612 e. The van der Waals surface area contributed by atoms with Gasteiger partial charge in [0.1, 0.15) is 0 Å². The highest BCUT2D eigenvalue weighted by molar-refractivity contribution is 5.24. The average Bonchev–Trinajstić information content (AvgIpc) is 1.65. The molecule has 0 fully saturated rings. The first-order valence-corrected chi connectivity index (χ1v) is 2.40. The van der Waals surface area contributed by atoms with E-state index in [0.29, 0.717) is 0 Å². The van der Waals surface area contributed by atoms with Crippen LogP contribution in [0.25, 0.3) is 0 Å². The Bertz CT molecular complexity index is 59.1. The highest BCUT2D eigenvalue weighted by atomic mass is 14.8. The summed E-state index contributed by atoms with van der Waals surface area (Å²) in [7, 11) is 0. The summed E-state index contributed by atoms with van der Waals surface area (Å²) in [6, 6.07) is 0.331. The maximum absolute atomic E-state index is 5.41. The second-order valence-electron chi connectivity index (χ2n) is 1.78. The SMILES string of the molecule is C=NC(C)C(C)N. The van der Waals surface area contributed by atoms with E-state index >= 15 is 0 Å². The summed E-state index contributed by atoms with van der Waals surface area (Å²) < 4.78 is 0. The number of aliphatic imine (C=N–C) groups is 1. The molecule has 0 aliphatic rings. The first-order valence-electron chi connectivity index (χ1n) is 2.40. The van der Waals surface area contributed by atoms with Gasteiger partial charge in [-0.3, -0.25) is 4.99 Å². The minimum absolute atomic E-state index is 0.137. The number of hydrogen-bond acceptors (Lipinski definition) is 2. The van der Waals surface area contributed by atoms with Gasteiger partial charge in [0, 0.05) is 6.04 Å². The molecule has 0 aromatic carbocycles. The normalized spacial score (nSPS) is 18.1. The lowest BCUT2D eigenvalue weighted by Gasteiger charge is -2.07. The van der Waals surface area contributed by atoms with Crippen molar-refractivity contribution in [3.8, 4) is 0 Å². The molecule has 0 spiro atoms. The van der Waals surface area contributed by atoms with Crippen molar-refractivity contribution < 1.29 is 0 Å². The van der Waals surface area contributed by atoms with E-state index in [9.17, 15) is 0 Å². The maximum atomic E-state index is 5.41. The Kier molecular flexibility index (Phi) is 2.60. The molecular weight excluding hydrogens is 88.1 g/mol. The molecule has 0 radical (unpaired) electrons. The zero-order chi connectivity index (χ0) is 5.86. The largest absolute Gasteiger partial charge is 0.326 e. The lowest BCUT2D eigenvalue weighted by molar-refractivity contribution is 0.609. The molecule has 0 aromatic rings. The molecular formula is C5H12N2. The fraction of sp³-hybridized carbons (Fsp3) is 0.800. The molecule has 0 saturated carbocycles. The van der Waals surface area contributed by atoms with E-state index in [-0.39, 0.29) is 12.1 Å². The van der Waals surface area contributed by atoms with Crippen LogP contribution in [0.5, 0.6) is 0 Å². The molecule has 7 heavy (non-hydrogen) atoms. The van der Waals surface area contributed by atoms with Gasteiger partial charge in [0.05, 0.1) is 6.04 Å². The molecule has 2 atom stereocenters. The maximum Gasteiger partial charge on any atom is 0.0612 e. The third-order valence-electron chi connectivity index (χ3n) is 1.05. The second kappa shape index (κ2) is 2.75. The van der Waals surface area contributed by atoms with Crippen LogP contribution in [0.2, 0.25) is 0 Å². The van der Waals surface area contributed by atoms with Crippen LogP contribution in [0.4, 0.5) is 0 Å². The molecule has 0 bridgehead atoms. The fourth-order valence-corrected chi connectivity index (χ4v) is 0.166. The van der Waals surface area contributed by atoms with Gasteiger partial charge in [-0.1, -0.05) is 0 Å². The Labute approximate surface area is 44.4 Å². The standard InChI is InChI=1S/C5H12N2/c1-4(6)5(2)7-3/h4-5H,3,6H2,1-2H3. The third kappa shape index (κ3) is 2.34. The summed E-state index contributed by atoms with van der Waals surface area (Å²) in [6.45, 7) is 7.21. The minimum atomic E-state index is 0.137. The summed E-state index contributed by atoms with van der Waals surface area (Å²) in [5.41, 5.74) is 5.41. The molecule has 0 aliphatic carbocycles. The van der Waals surface area contributed by atoms with Crippen LogP contribution in [0.1, 0.15) is 13.8 Å². The van der Waals surface area contributed by atoms with Gasteiger partial charge in [-0.25, -0.2) is 0 Å². The second-order valence-corrected chi connectivity index (χ2v) is 1.78. The predicted octanol–water partition coefficient (Wildman–Crippen LogP) is 0.423. The van der Waals surface area contributed by atoms with E-state index in [2.05, 4.69) is 11.7 Å². The third-order valence-corrected chi connectivity index (χ3v) is 1.05. The van der Waals surface area contributed by atoms with Crippen molar-refractivity contribution in [3.63, 3.8) is 0 Å². The topological polar surface area (TPSA) is 38.4 Å². The van der Waals surface area contributed by atoms with E-state index in [1.807, 2.05) is 13.8 Å². The van der Waals surface area contributed by atoms with Crippen LogP contribution >= 0.6 is 0 Å². The van der Waals surface area contributed by atoms with Gasteiger partial charge < -0.3 is 5.73 Å². The van der Waals surface area contributed by atoms with Crippen LogP contribution in [0, 0.1) is 0 Å². The molecule has 42 valence electrons. The zero-order valence-corrected chi connectivity index (χ0v) is 4.89. The van der Waals surface area contributed by atoms with E-state index in [4.69, 9.17) is 5.73 Å². The lowest BCUT2D eigenvalue weighted by atomic mass is 10.2. The van der Waals surface area contributed by atoms with Crippen LogP contribution in [0.15, 0.2) is 4.99 Å².